The van der Waals surface area contributed by atoms with E-state index in [1.165, 1.54) is 69.5 Å². The second kappa shape index (κ2) is 9.82. The Labute approximate surface area is 122 Å². The molecule has 0 atom stereocenters. The molecule has 1 saturated carbocycles. The van der Waals surface area contributed by atoms with Crippen molar-refractivity contribution in [2.24, 2.45) is 0 Å². The van der Waals surface area contributed by atoms with Crippen molar-refractivity contribution >= 4 is 16.9 Å². The second-order valence-corrected chi connectivity index (χ2v) is 6.92. The van der Waals surface area contributed by atoms with Crippen molar-refractivity contribution in [1.82, 2.24) is 0 Å². The van der Waals surface area contributed by atoms with Crippen molar-refractivity contribution in [1.29, 1.82) is 0 Å². The second-order valence-electron chi connectivity index (χ2n) is 5.85. The Morgan fingerprint density at radius 3 is 1.89 bits per heavy atom. The van der Waals surface area contributed by atoms with Gasteiger partial charge in [0, 0.05) is 5.75 Å². The van der Waals surface area contributed by atoms with E-state index in [0.717, 1.165) is 12.2 Å². The number of unbranched alkanes of at least 4 members (excludes halogenated alkanes) is 9. The highest BCUT2D eigenvalue weighted by Gasteiger charge is 2.47. The highest BCUT2D eigenvalue weighted by atomic mass is 32.2. The number of thioether (sulfide) groups is 1. The normalized spacial score (nSPS) is 16.5. The average Bonchev–Trinajstić information content (AvgIpc) is 3.15. The third-order valence-electron chi connectivity index (χ3n) is 3.83. The van der Waals surface area contributed by atoms with Crippen molar-refractivity contribution < 1.29 is 9.90 Å². The highest BCUT2D eigenvalue weighted by molar-refractivity contribution is 8.13. The van der Waals surface area contributed by atoms with Gasteiger partial charge in [-0.15, -0.1) is 0 Å². The summed E-state index contributed by atoms with van der Waals surface area (Å²) in [6.45, 7) is 2.25. The summed E-state index contributed by atoms with van der Waals surface area (Å²) in [5, 5.41) is 9.59. The van der Waals surface area contributed by atoms with E-state index >= 15 is 0 Å². The summed E-state index contributed by atoms with van der Waals surface area (Å²) in [5.74, 6) is 0.887. The molecular weight excluding hydrogens is 256 g/mol. The quantitative estimate of drug-likeness (QED) is 0.529. The number of aliphatic hydroxyl groups is 1. The minimum absolute atomic E-state index is 0.00317. The van der Waals surface area contributed by atoms with Crippen LogP contribution in [-0.2, 0) is 4.79 Å². The largest absolute Gasteiger partial charge is 0.381 e. The number of hydrogen-bond acceptors (Lipinski definition) is 3. The smallest absolute Gasteiger partial charge is 0.220 e. The molecule has 1 fully saturated rings. The lowest BCUT2D eigenvalue weighted by Crippen LogP contribution is -2.18. The van der Waals surface area contributed by atoms with Crippen LogP contribution in [0.15, 0.2) is 0 Å². The van der Waals surface area contributed by atoms with Gasteiger partial charge in [-0.25, -0.2) is 0 Å². The van der Waals surface area contributed by atoms with Crippen molar-refractivity contribution in [2.45, 2.75) is 89.6 Å². The summed E-state index contributed by atoms with van der Waals surface area (Å²) >= 11 is 1.33. The van der Waals surface area contributed by atoms with E-state index in [0.29, 0.717) is 12.8 Å². The van der Waals surface area contributed by atoms with Crippen LogP contribution in [0.3, 0.4) is 0 Å². The Balaban J connectivity index is 1.75. The molecule has 112 valence electrons. The first kappa shape index (κ1) is 17.0. The Kier molecular flexibility index (Phi) is 8.80. The van der Waals surface area contributed by atoms with Crippen LogP contribution in [0.2, 0.25) is 0 Å². The molecule has 3 heteroatoms. The molecular formula is C16H30O2S. The fourth-order valence-electron chi connectivity index (χ4n) is 2.21. The van der Waals surface area contributed by atoms with Crippen molar-refractivity contribution in [3.8, 4) is 0 Å². The molecule has 0 saturated heterocycles. The number of hydrogen-bond donors (Lipinski definition) is 1. The van der Waals surface area contributed by atoms with Crippen molar-refractivity contribution in [2.75, 3.05) is 5.75 Å². The summed E-state index contributed by atoms with van der Waals surface area (Å²) in [6.07, 6.45) is 14.6. The number of carbonyl (C=O) groups is 1. The van der Waals surface area contributed by atoms with E-state index < -0.39 is 5.60 Å². The predicted octanol–water partition coefficient (Wildman–Crippen LogP) is 4.69. The van der Waals surface area contributed by atoms with Gasteiger partial charge < -0.3 is 5.11 Å². The Hall–Kier alpha value is -0.0200. The van der Waals surface area contributed by atoms with E-state index in [1.54, 1.807) is 0 Å². The highest BCUT2D eigenvalue weighted by Crippen LogP contribution is 2.39. The van der Waals surface area contributed by atoms with Crippen LogP contribution in [0.1, 0.15) is 84.0 Å². The van der Waals surface area contributed by atoms with Gasteiger partial charge in [-0.05, 0) is 19.3 Å². The number of rotatable bonds is 12. The van der Waals surface area contributed by atoms with Crippen LogP contribution >= 0.6 is 11.8 Å². The zero-order chi connectivity index (χ0) is 14.0. The van der Waals surface area contributed by atoms with Gasteiger partial charge in [-0.1, -0.05) is 76.5 Å². The zero-order valence-corrected chi connectivity index (χ0v) is 13.3. The third kappa shape index (κ3) is 7.98. The molecule has 0 bridgehead atoms. The first-order valence-electron chi connectivity index (χ1n) is 8.08. The van der Waals surface area contributed by atoms with E-state index in [4.69, 9.17) is 0 Å². The molecule has 2 nitrogen and oxygen atoms in total. The molecule has 1 N–H and O–H groups in total. The first-order chi connectivity index (χ1) is 9.19. The first-order valence-corrected chi connectivity index (χ1v) is 9.07. The summed E-state index contributed by atoms with van der Waals surface area (Å²) in [4.78, 5) is 11.5. The molecule has 0 radical (unpaired) electrons. The molecule has 0 unspecified atom stereocenters. The van der Waals surface area contributed by atoms with Crippen LogP contribution in [0, 0.1) is 0 Å². The molecule has 1 aliphatic rings. The topological polar surface area (TPSA) is 37.3 Å². The van der Waals surface area contributed by atoms with Gasteiger partial charge in [0.05, 0.1) is 0 Å². The molecule has 1 rings (SSSR count). The van der Waals surface area contributed by atoms with Gasteiger partial charge in [0.2, 0.25) is 5.12 Å². The molecule has 19 heavy (non-hydrogen) atoms. The van der Waals surface area contributed by atoms with Gasteiger partial charge in [0.1, 0.15) is 5.60 Å². The molecule has 1 aliphatic carbocycles. The molecule has 0 amide bonds. The molecule has 0 aromatic carbocycles. The minimum atomic E-state index is -0.927. The maximum atomic E-state index is 11.5. The summed E-state index contributed by atoms with van der Waals surface area (Å²) in [5.41, 5.74) is -0.927. The molecule has 0 aromatic heterocycles. The molecule has 0 spiro atoms. The summed E-state index contributed by atoms with van der Waals surface area (Å²) in [7, 11) is 0. The predicted molar refractivity (Wildman–Crippen MR) is 83.5 cm³/mol. The summed E-state index contributed by atoms with van der Waals surface area (Å²) in [6, 6.07) is 0. The molecule has 0 aliphatic heterocycles. The Morgan fingerprint density at radius 2 is 1.42 bits per heavy atom. The fraction of sp³-hybridized carbons (Fsp3) is 0.938. The third-order valence-corrected chi connectivity index (χ3v) is 4.97. The van der Waals surface area contributed by atoms with Crippen LogP contribution in [0.5, 0.6) is 0 Å². The van der Waals surface area contributed by atoms with Gasteiger partial charge in [0.15, 0.2) is 0 Å². The lowest BCUT2D eigenvalue weighted by molar-refractivity contribution is -0.120. The molecule has 0 heterocycles. The average molecular weight is 286 g/mol. The lowest BCUT2D eigenvalue weighted by atomic mass is 10.1. The lowest BCUT2D eigenvalue weighted by Gasteiger charge is -2.05. The van der Waals surface area contributed by atoms with E-state index in [2.05, 4.69) is 6.92 Å². The SMILES string of the molecule is CCCCCCCCCCCCSC(=O)C1(O)CC1. The van der Waals surface area contributed by atoms with Crippen molar-refractivity contribution in [3.05, 3.63) is 0 Å². The van der Waals surface area contributed by atoms with Crippen molar-refractivity contribution in [3.63, 3.8) is 0 Å². The zero-order valence-electron chi connectivity index (χ0n) is 12.5. The maximum Gasteiger partial charge on any atom is 0.220 e. The van der Waals surface area contributed by atoms with Crippen LogP contribution in [0.25, 0.3) is 0 Å². The van der Waals surface area contributed by atoms with Gasteiger partial charge >= 0.3 is 0 Å². The maximum absolute atomic E-state index is 11.5. The summed E-state index contributed by atoms with van der Waals surface area (Å²) < 4.78 is 0. The fourth-order valence-corrected chi connectivity index (χ4v) is 3.22. The van der Waals surface area contributed by atoms with E-state index in [-0.39, 0.29) is 5.12 Å². The Morgan fingerprint density at radius 1 is 0.947 bits per heavy atom. The van der Waals surface area contributed by atoms with Crippen LogP contribution in [0.4, 0.5) is 0 Å². The number of carbonyl (C=O) groups excluding carboxylic acids is 1. The van der Waals surface area contributed by atoms with Gasteiger partial charge in [0.25, 0.3) is 0 Å². The van der Waals surface area contributed by atoms with E-state index in [9.17, 15) is 9.90 Å². The standard InChI is InChI=1S/C16H30O2S/c1-2-3-4-5-6-7-8-9-10-11-14-19-15(17)16(18)12-13-16/h18H,2-14H2,1H3. The van der Waals surface area contributed by atoms with Crippen LogP contribution < -0.4 is 0 Å². The van der Waals surface area contributed by atoms with Gasteiger partial charge in [-0.2, -0.15) is 0 Å². The Bertz CT molecular complexity index is 249. The monoisotopic (exact) mass is 286 g/mol. The molecule has 0 aromatic rings. The van der Waals surface area contributed by atoms with Crippen LogP contribution in [-0.4, -0.2) is 21.6 Å². The van der Waals surface area contributed by atoms with E-state index in [1.807, 2.05) is 0 Å². The van der Waals surface area contributed by atoms with Gasteiger partial charge in [-0.3, -0.25) is 4.79 Å². The minimum Gasteiger partial charge on any atom is -0.381 e.